The first kappa shape index (κ1) is 15.4. The highest BCUT2D eigenvalue weighted by Crippen LogP contribution is 2.26. The van der Waals surface area contributed by atoms with Gasteiger partial charge in [-0.3, -0.25) is 4.90 Å². The molecule has 0 radical (unpaired) electrons. The molecule has 0 bridgehead atoms. The van der Waals surface area contributed by atoms with Gasteiger partial charge in [0.1, 0.15) is 0 Å². The Kier molecular flexibility index (Phi) is 5.90. The van der Waals surface area contributed by atoms with Gasteiger partial charge in [-0.2, -0.15) is 0 Å². The maximum absolute atomic E-state index is 2.73. The SMILES string of the molecule is CC.CC1CCN(C2CCN(c3ccccc3)CC2)C1. The molecule has 2 fully saturated rings. The van der Waals surface area contributed by atoms with Crippen molar-refractivity contribution in [1.82, 2.24) is 4.90 Å². The summed E-state index contributed by atoms with van der Waals surface area (Å²) in [6.07, 6.45) is 4.07. The van der Waals surface area contributed by atoms with E-state index in [9.17, 15) is 0 Å². The lowest BCUT2D eigenvalue weighted by atomic mass is 10.0. The molecule has 1 aromatic rings. The number of nitrogens with zero attached hydrogens (tertiary/aromatic N) is 2. The number of para-hydroxylation sites is 1. The third kappa shape index (κ3) is 3.76. The molecule has 0 saturated carbocycles. The van der Waals surface area contributed by atoms with Crippen molar-refractivity contribution in [2.75, 3.05) is 31.1 Å². The molecule has 0 spiro atoms. The number of rotatable bonds is 2. The van der Waals surface area contributed by atoms with Crippen LogP contribution in [-0.4, -0.2) is 37.1 Å². The van der Waals surface area contributed by atoms with Crippen molar-refractivity contribution in [1.29, 1.82) is 0 Å². The Morgan fingerprint density at radius 1 is 0.900 bits per heavy atom. The average molecular weight is 274 g/mol. The van der Waals surface area contributed by atoms with Crippen molar-refractivity contribution in [3.63, 3.8) is 0 Å². The van der Waals surface area contributed by atoms with E-state index in [4.69, 9.17) is 0 Å². The largest absolute Gasteiger partial charge is 0.371 e. The molecule has 1 aromatic carbocycles. The molecule has 20 heavy (non-hydrogen) atoms. The van der Waals surface area contributed by atoms with Crippen LogP contribution in [-0.2, 0) is 0 Å². The number of hydrogen-bond acceptors (Lipinski definition) is 2. The van der Waals surface area contributed by atoms with E-state index in [0.29, 0.717) is 0 Å². The molecular formula is C18H30N2. The fourth-order valence-electron chi connectivity index (χ4n) is 3.43. The highest BCUT2D eigenvalue weighted by molar-refractivity contribution is 5.46. The molecule has 2 aliphatic rings. The second-order valence-electron chi connectivity index (χ2n) is 5.94. The lowest BCUT2D eigenvalue weighted by molar-refractivity contribution is 0.202. The molecule has 0 N–H and O–H groups in total. The lowest BCUT2D eigenvalue weighted by Gasteiger charge is -2.38. The number of anilines is 1. The lowest BCUT2D eigenvalue weighted by Crippen LogP contribution is -2.44. The van der Waals surface area contributed by atoms with Crippen LogP contribution in [0.4, 0.5) is 5.69 Å². The average Bonchev–Trinajstić information content (AvgIpc) is 2.97. The Bertz CT molecular complexity index is 368. The Morgan fingerprint density at radius 2 is 1.55 bits per heavy atom. The van der Waals surface area contributed by atoms with Gasteiger partial charge in [0.15, 0.2) is 0 Å². The van der Waals surface area contributed by atoms with Crippen molar-refractivity contribution in [2.24, 2.45) is 5.92 Å². The summed E-state index contributed by atoms with van der Waals surface area (Å²) in [5, 5.41) is 0. The van der Waals surface area contributed by atoms with Crippen LogP contribution in [0.2, 0.25) is 0 Å². The molecule has 3 rings (SSSR count). The summed E-state index contributed by atoms with van der Waals surface area (Å²) in [4.78, 5) is 5.27. The number of piperidine rings is 1. The molecule has 1 atom stereocenters. The van der Waals surface area contributed by atoms with Crippen molar-refractivity contribution in [3.05, 3.63) is 30.3 Å². The molecule has 2 nitrogen and oxygen atoms in total. The van der Waals surface area contributed by atoms with E-state index in [1.807, 2.05) is 13.8 Å². The second kappa shape index (κ2) is 7.68. The predicted octanol–water partition coefficient (Wildman–Crippen LogP) is 4.02. The van der Waals surface area contributed by atoms with Gasteiger partial charge in [-0.25, -0.2) is 0 Å². The normalized spacial score (nSPS) is 24.4. The summed E-state index contributed by atoms with van der Waals surface area (Å²) in [6, 6.07) is 11.7. The minimum atomic E-state index is 0.843. The fourth-order valence-corrected chi connectivity index (χ4v) is 3.43. The van der Waals surface area contributed by atoms with Crippen LogP contribution in [0, 0.1) is 5.92 Å². The first-order valence-electron chi connectivity index (χ1n) is 8.37. The first-order chi connectivity index (χ1) is 9.83. The van der Waals surface area contributed by atoms with Gasteiger partial charge in [0.2, 0.25) is 0 Å². The van der Waals surface area contributed by atoms with Gasteiger partial charge in [-0.1, -0.05) is 39.0 Å². The number of likely N-dealkylation sites (tertiary alicyclic amines) is 1. The standard InChI is InChI=1S/C16H24N2.C2H6/c1-14-7-10-18(13-14)16-8-11-17(12-9-16)15-5-3-2-4-6-15;1-2/h2-6,14,16H,7-13H2,1H3;1-2H3. The van der Waals surface area contributed by atoms with E-state index in [2.05, 4.69) is 47.1 Å². The van der Waals surface area contributed by atoms with Crippen LogP contribution < -0.4 is 4.90 Å². The molecule has 2 saturated heterocycles. The van der Waals surface area contributed by atoms with Crippen molar-refractivity contribution in [3.8, 4) is 0 Å². The summed E-state index contributed by atoms with van der Waals surface area (Å²) in [6.45, 7) is 11.5. The van der Waals surface area contributed by atoms with Crippen LogP contribution in [0.1, 0.15) is 40.0 Å². The third-order valence-corrected chi connectivity index (χ3v) is 4.56. The Labute approximate surface area is 124 Å². The van der Waals surface area contributed by atoms with Gasteiger partial charge in [0, 0.05) is 31.4 Å². The predicted molar refractivity (Wildman–Crippen MR) is 88.4 cm³/mol. The molecule has 0 aromatic heterocycles. The summed E-state index contributed by atoms with van der Waals surface area (Å²) in [7, 11) is 0. The molecule has 112 valence electrons. The van der Waals surface area contributed by atoms with E-state index < -0.39 is 0 Å². The van der Waals surface area contributed by atoms with E-state index in [0.717, 1.165) is 12.0 Å². The molecular weight excluding hydrogens is 244 g/mol. The van der Waals surface area contributed by atoms with Crippen molar-refractivity contribution < 1.29 is 0 Å². The minimum Gasteiger partial charge on any atom is -0.371 e. The highest BCUT2D eigenvalue weighted by Gasteiger charge is 2.28. The minimum absolute atomic E-state index is 0.843. The molecule has 0 aliphatic carbocycles. The fraction of sp³-hybridized carbons (Fsp3) is 0.667. The van der Waals surface area contributed by atoms with Crippen LogP contribution in [0.5, 0.6) is 0 Å². The van der Waals surface area contributed by atoms with Crippen LogP contribution >= 0.6 is 0 Å². The summed E-state index contributed by atoms with van der Waals surface area (Å²) in [5.74, 6) is 0.914. The molecule has 0 amide bonds. The first-order valence-corrected chi connectivity index (χ1v) is 8.37. The Balaban J connectivity index is 0.000000704. The van der Waals surface area contributed by atoms with E-state index in [-0.39, 0.29) is 0 Å². The Hall–Kier alpha value is -1.02. The van der Waals surface area contributed by atoms with Crippen molar-refractivity contribution >= 4 is 5.69 Å². The zero-order valence-corrected chi connectivity index (χ0v) is 13.4. The molecule has 1 unspecified atom stereocenters. The van der Waals surface area contributed by atoms with E-state index in [1.165, 1.54) is 51.1 Å². The quantitative estimate of drug-likeness (QED) is 0.803. The van der Waals surface area contributed by atoms with Gasteiger partial charge < -0.3 is 4.90 Å². The Morgan fingerprint density at radius 3 is 2.10 bits per heavy atom. The summed E-state index contributed by atoms with van der Waals surface area (Å²) in [5.41, 5.74) is 1.39. The van der Waals surface area contributed by atoms with E-state index in [1.54, 1.807) is 0 Å². The second-order valence-corrected chi connectivity index (χ2v) is 5.94. The van der Waals surface area contributed by atoms with Gasteiger partial charge in [0.05, 0.1) is 0 Å². The molecule has 2 aliphatic heterocycles. The smallest absolute Gasteiger partial charge is 0.0366 e. The zero-order chi connectivity index (χ0) is 14.4. The number of hydrogen-bond donors (Lipinski definition) is 0. The monoisotopic (exact) mass is 274 g/mol. The van der Waals surface area contributed by atoms with Gasteiger partial charge in [-0.05, 0) is 43.9 Å². The summed E-state index contributed by atoms with van der Waals surface area (Å²) < 4.78 is 0. The van der Waals surface area contributed by atoms with Gasteiger partial charge in [0.25, 0.3) is 0 Å². The highest BCUT2D eigenvalue weighted by atomic mass is 15.2. The van der Waals surface area contributed by atoms with Crippen LogP contribution in [0.3, 0.4) is 0 Å². The molecule has 2 heterocycles. The zero-order valence-electron chi connectivity index (χ0n) is 13.4. The summed E-state index contributed by atoms with van der Waals surface area (Å²) >= 11 is 0. The molecule has 2 heteroatoms. The van der Waals surface area contributed by atoms with E-state index >= 15 is 0 Å². The number of benzene rings is 1. The van der Waals surface area contributed by atoms with Crippen molar-refractivity contribution in [2.45, 2.75) is 46.1 Å². The third-order valence-electron chi connectivity index (χ3n) is 4.56. The van der Waals surface area contributed by atoms with Crippen LogP contribution in [0.15, 0.2) is 30.3 Å². The van der Waals surface area contributed by atoms with Gasteiger partial charge in [-0.15, -0.1) is 0 Å². The maximum Gasteiger partial charge on any atom is 0.0366 e. The topological polar surface area (TPSA) is 6.48 Å². The van der Waals surface area contributed by atoms with Crippen LogP contribution in [0.25, 0.3) is 0 Å². The van der Waals surface area contributed by atoms with Gasteiger partial charge >= 0.3 is 0 Å². The maximum atomic E-state index is 2.73.